The lowest BCUT2D eigenvalue weighted by Gasteiger charge is -2.21. The zero-order chi connectivity index (χ0) is 25.6. The fraction of sp³-hybridized carbons (Fsp3) is 0.308. The molecular weight excluding hydrogens is 498 g/mol. The van der Waals surface area contributed by atoms with Gasteiger partial charge in [0.2, 0.25) is 0 Å². The minimum Gasteiger partial charge on any atom is -0.414 e. The molecule has 3 N–H and O–H groups in total. The Morgan fingerprint density at radius 1 is 1.05 bits per heavy atom. The zero-order valence-corrected chi connectivity index (χ0v) is 20.8. The molecule has 1 fully saturated rings. The Hall–Kier alpha value is -3.41. The highest BCUT2D eigenvalue weighted by atomic mass is 32.2. The van der Waals surface area contributed by atoms with Gasteiger partial charge in [-0.05, 0) is 42.7 Å². The van der Waals surface area contributed by atoms with Gasteiger partial charge in [-0.2, -0.15) is 0 Å². The summed E-state index contributed by atoms with van der Waals surface area (Å²) in [6, 6.07) is 12.7. The summed E-state index contributed by atoms with van der Waals surface area (Å²) in [4.78, 5) is 10.0. The van der Waals surface area contributed by atoms with Crippen LogP contribution in [-0.2, 0) is 11.3 Å². The van der Waals surface area contributed by atoms with Gasteiger partial charge in [-0.3, -0.25) is 0 Å². The van der Waals surface area contributed by atoms with Crippen LogP contribution in [0.2, 0.25) is 0 Å². The Morgan fingerprint density at radius 2 is 1.84 bits per heavy atom. The lowest BCUT2D eigenvalue weighted by molar-refractivity contribution is 0.100. The molecule has 0 saturated carbocycles. The van der Waals surface area contributed by atoms with Crippen LogP contribution in [0.25, 0.3) is 34.3 Å². The van der Waals surface area contributed by atoms with E-state index >= 15 is 0 Å². The van der Waals surface area contributed by atoms with Crippen molar-refractivity contribution in [1.29, 1.82) is 0 Å². The van der Waals surface area contributed by atoms with Crippen LogP contribution in [0, 0.1) is 5.82 Å². The molecule has 2 aromatic heterocycles. The Morgan fingerprint density at radius 3 is 2.59 bits per heavy atom. The maximum Gasteiger partial charge on any atom is 0.270 e. The topological polar surface area (TPSA) is 112 Å². The average Bonchev–Trinajstić information content (AvgIpc) is 3.40. The summed E-state index contributed by atoms with van der Waals surface area (Å²) in [5, 5.41) is 11.5. The number of hydrogen-bond acceptors (Lipinski definition) is 9. The second-order valence-electron chi connectivity index (χ2n) is 8.54. The maximum atomic E-state index is 14.7. The first kappa shape index (κ1) is 25.2. The molecule has 0 aliphatic carbocycles. The number of anilines is 1. The first-order chi connectivity index (χ1) is 18.1. The minimum absolute atomic E-state index is 0.00291. The third-order valence-corrected chi connectivity index (χ3v) is 7.26. The third kappa shape index (κ3) is 6.12. The number of nitrogen functional groups attached to an aromatic ring is 1. The van der Waals surface area contributed by atoms with Crippen LogP contribution in [0.4, 0.5) is 14.6 Å². The van der Waals surface area contributed by atoms with Crippen molar-refractivity contribution in [3.05, 3.63) is 60.0 Å². The number of hydrogen-bond donors (Lipinski definition) is 2. The SMILES string of the molecule is Nc1ncc(-c2ccc(SC3CCOCC3)cc2)nc1-c1nnc(-c2ccc(CNCCF)cc2F)o1. The number of nitrogens with one attached hydrogen (secondary N) is 1. The standard InChI is InChI=1S/C26H26F2N6O2S/c27-9-10-30-14-16-1-6-20(21(28)13-16)25-33-34-26(36-25)23-24(29)31-15-22(32-23)17-2-4-18(5-3-17)37-19-7-11-35-12-8-19/h1-6,13,15,19,30H,7-12,14H2,(H2,29,31). The van der Waals surface area contributed by atoms with E-state index in [2.05, 4.69) is 37.6 Å². The first-order valence-corrected chi connectivity index (χ1v) is 12.9. The van der Waals surface area contributed by atoms with Gasteiger partial charge in [0.1, 0.15) is 12.5 Å². The van der Waals surface area contributed by atoms with Gasteiger partial charge in [-0.15, -0.1) is 22.0 Å². The fourth-order valence-electron chi connectivity index (χ4n) is 3.95. The largest absolute Gasteiger partial charge is 0.414 e. The molecule has 1 aliphatic rings. The molecule has 0 spiro atoms. The summed E-state index contributed by atoms with van der Waals surface area (Å²) in [5.74, 6) is -0.361. The predicted molar refractivity (Wildman–Crippen MR) is 138 cm³/mol. The monoisotopic (exact) mass is 524 g/mol. The Bertz CT molecular complexity index is 1350. The summed E-state index contributed by atoms with van der Waals surface area (Å²) in [6.07, 6.45) is 3.69. The van der Waals surface area contributed by atoms with Gasteiger partial charge in [0, 0.05) is 42.0 Å². The quantitative estimate of drug-likeness (QED) is 0.295. The predicted octanol–water partition coefficient (Wildman–Crippen LogP) is 4.91. The van der Waals surface area contributed by atoms with Gasteiger partial charge in [-0.1, -0.05) is 18.2 Å². The summed E-state index contributed by atoms with van der Waals surface area (Å²) in [7, 11) is 0. The Kier molecular flexibility index (Phi) is 8.02. The highest BCUT2D eigenvalue weighted by Crippen LogP contribution is 2.32. The van der Waals surface area contributed by atoms with Crippen LogP contribution >= 0.6 is 11.8 Å². The van der Waals surface area contributed by atoms with Gasteiger partial charge >= 0.3 is 0 Å². The number of nitrogens with two attached hydrogens (primary N) is 1. The molecule has 0 radical (unpaired) electrons. The number of ether oxygens (including phenoxy) is 1. The van der Waals surface area contributed by atoms with Crippen LogP contribution in [-0.4, -0.2) is 51.8 Å². The average molecular weight is 525 g/mol. The van der Waals surface area contributed by atoms with Crippen molar-refractivity contribution in [2.24, 2.45) is 0 Å². The van der Waals surface area contributed by atoms with Crippen molar-refractivity contribution in [3.63, 3.8) is 0 Å². The molecule has 1 aliphatic heterocycles. The maximum absolute atomic E-state index is 14.7. The molecule has 1 saturated heterocycles. The van der Waals surface area contributed by atoms with Crippen LogP contribution in [0.1, 0.15) is 18.4 Å². The highest BCUT2D eigenvalue weighted by Gasteiger charge is 2.19. The lowest BCUT2D eigenvalue weighted by Crippen LogP contribution is -2.17. The number of benzene rings is 2. The van der Waals surface area contributed by atoms with E-state index in [1.807, 2.05) is 23.9 Å². The van der Waals surface area contributed by atoms with E-state index in [1.54, 1.807) is 18.3 Å². The molecule has 192 valence electrons. The van der Waals surface area contributed by atoms with Gasteiger partial charge in [-0.25, -0.2) is 18.7 Å². The molecule has 11 heteroatoms. The van der Waals surface area contributed by atoms with Crippen LogP contribution in [0.3, 0.4) is 0 Å². The first-order valence-electron chi connectivity index (χ1n) is 12.0. The summed E-state index contributed by atoms with van der Waals surface area (Å²) < 4.78 is 38.1. The van der Waals surface area contributed by atoms with E-state index in [-0.39, 0.29) is 35.4 Å². The van der Waals surface area contributed by atoms with Crippen molar-refractivity contribution in [2.45, 2.75) is 29.5 Å². The molecule has 5 rings (SSSR count). The van der Waals surface area contributed by atoms with E-state index in [9.17, 15) is 8.78 Å². The van der Waals surface area contributed by atoms with Crippen molar-refractivity contribution < 1.29 is 17.9 Å². The van der Waals surface area contributed by atoms with Crippen molar-refractivity contribution in [2.75, 3.05) is 32.2 Å². The van der Waals surface area contributed by atoms with Crippen LogP contribution in [0.5, 0.6) is 0 Å². The smallest absolute Gasteiger partial charge is 0.270 e. The van der Waals surface area contributed by atoms with Crippen molar-refractivity contribution in [3.8, 4) is 34.3 Å². The summed E-state index contributed by atoms with van der Waals surface area (Å²) in [6.45, 7) is 1.70. The van der Waals surface area contributed by atoms with Crippen LogP contribution < -0.4 is 11.1 Å². The fourth-order valence-corrected chi connectivity index (χ4v) is 5.06. The molecule has 4 aromatic rings. The summed E-state index contributed by atoms with van der Waals surface area (Å²) in [5.41, 5.74) is 8.58. The van der Waals surface area contributed by atoms with E-state index in [4.69, 9.17) is 14.9 Å². The molecule has 8 nitrogen and oxygen atoms in total. The second kappa shape index (κ2) is 11.8. The molecule has 0 atom stereocenters. The number of aromatic nitrogens is 4. The van der Waals surface area contributed by atoms with E-state index < -0.39 is 12.5 Å². The summed E-state index contributed by atoms with van der Waals surface area (Å²) >= 11 is 1.86. The number of halogens is 2. The molecular formula is C26H26F2N6O2S. The van der Waals surface area contributed by atoms with Crippen LogP contribution in [0.15, 0.2) is 58.0 Å². The molecule has 2 aromatic carbocycles. The number of nitrogens with zero attached hydrogens (tertiary/aromatic N) is 4. The molecule has 37 heavy (non-hydrogen) atoms. The van der Waals surface area contributed by atoms with Gasteiger partial charge in [0.25, 0.3) is 11.8 Å². The molecule has 0 amide bonds. The Labute approximate surface area is 217 Å². The van der Waals surface area contributed by atoms with E-state index in [1.165, 1.54) is 11.0 Å². The molecule has 0 bridgehead atoms. The number of thioether (sulfide) groups is 1. The molecule has 3 heterocycles. The van der Waals surface area contributed by atoms with Crippen molar-refractivity contribution in [1.82, 2.24) is 25.5 Å². The van der Waals surface area contributed by atoms with E-state index in [0.717, 1.165) is 31.6 Å². The Balaban J connectivity index is 1.33. The van der Waals surface area contributed by atoms with Gasteiger partial charge in [0.05, 0.1) is 17.5 Å². The van der Waals surface area contributed by atoms with Gasteiger partial charge in [0.15, 0.2) is 11.5 Å². The van der Waals surface area contributed by atoms with Gasteiger partial charge < -0.3 is 20.2 Å². The zero-order valence-electron chi connectivity index (χ0n) is 20.0. The third-order valence-electron chi connectivity index (χ3n) is 5.91. The van der Waals surface area contributed by atoms with Crippen molar-refractivity contribution >= 4 is 17.6 Å². The second-order valence-corrected chi connectivity index (χ2v) is 9.91. The normalized spacial score (nSPS) is 14.2. The van der Waals surface area contributed by atoms with E-state index in [0.29, 0.717) is 23.1 Å². The number of rotatable bonds is 9. The minimum atomic E-state index is -0.527. The highest BCUT2D eigenvalue weighted by molar-refractivity contribution is 8.00. The number of alkyl halides is 1. The molecule has 0 unspecified atom stereocenters. The lowest BCUT2D eigenvalue weighted by atomic mass is 10.1.